The summed E-state index contributed by atoms with van der Waals surface area (Å²) in [5.41, 5.74) is 0.647. The van der Waals surface area contributed by atoms with Gasteiger partial charge in [0.2, 0.25) is 0 Å². The molecule has 7 nitrogen and oxygen atoms in total. The standard InChI is InChI=1S/C16H14ClN3O4S/c1-23-11-3-4-12-14(9-11)19-7-6-15(12)24-16-5-2-10(8-13(16)17)20-25(18,21)22/h2-9,20H,1H3,(H2,18,21,22)/i1D3. The largest absolute Gasteiger partial charge is 0.497 e. The number of halogens is 1. The number of methoxy groups -OCH3 is 1. The van der Waals surface area contributed by atoms with Crippen LogP contribution in [0.2, 0.25) is 5.02 Å². The van der Waals surface area contributed by atoms with E-state index in [4.69, 9.17) is 30.3 Å². The molecule has 0 spiro atoms. The number of nitrogens with two attached hydrogens (primary N) is 1. The van der Waals surface area contributed by atoms with Gasteiger partial charge in [-0.05, 0) is 36.4 Å². The van der Waals surface area contributed by atoms with Crippen molar-refractivity contribution in [3.05, 3.63) is 53.7 Å². The number of fused-ring (bicyclic) bond motifs is 1. The maximum atomic E-state index is 11.1. The molecule has 1 heterocycles. The molecule has 0 atom stereocenters. The number of rotatable bonds is 5. The van der Waals surface area contributed by atoms with E-state index >= 15 is 0 Å². The average molecular weight is 383 g/mol. The molecule has 0 aliphatic heterocycles. The summed E-state index contributed by atoms with van der Waals surface area (Å²) in [6, 6.07) is 10.5. The first-order valence-corrected chi connectivity index (χ1v) is 8.78. The van der Waals surface area contributed by atoms with Crippen LogP contribution in [0.3, 0.4) is 0 Å². The molecule has 3 aromatic rings. The van der Waals surface area contributed by atoms with E-state index < -0.39 is 17.2 Å². The first-order chi connectivity index (χ1) is 13.0. The van der Waals surface area contributed by atoms with E-state index in [9.17, 15) is 8.42 Å². The summed E-state index contributed by atoms with van der Waals surface area (Å²) in [5, 5.41) is 5.68. The van der Waals surface area contributed by atoms with Crippen LogP contribution in [0, 0.1) is 0 Å². The zero-order valence-electron chi connectivity index (χ0n) is 15.6. The normalized spacial score (nSPS) is 13.6. The molecule has 3 rings (SSSR count). The highest BCUT2D eigenvalue weighted by Crippen LogP contribution is 2.35. The van der Waals surface area contributed by atoms with E-state index in [1.54, 1.807) is 12.1 Å². The second-order valence-corrected chi connectivity index (χ2v) is 6.69. The number of nitrogens with zero attached hydrogens (tertiary/aromatic N) is 1. The fraction of sp³-hybridized carbons (Fsp3) is 0.0625. The van der Waals surface area contributed by atoms with Gasteiger partial charge in [0.25, 0.3) is 10.2 Å². The maximum Gasteiger partial charge on any atom is 0.296 e. The number of anilines is 1. The van der Waals surface area contributed by atoms with Gasteiger partial charge in [0.1, 0.15) is 17.2 Å². The number of benzene rings is 2. The summed E-state index contributed by atoms with van der Waals surface area (Å²) in [6.07, 6.45) is 1.49. The quantitative estimate of drug-likeness (QED) is 0.704. The molecule has 0 aliphatic rings. The molecule has 0 fully saturated rings. The Morgan fingerprint density at radius 1 is 1.20 bits per heavy atom. The van der Waals surface area contributed by atoms with Crippen molar-refractivity contribution < 1.29 is 22.0 Å². The van der Waals surface area contributed by atoms with Crippen molar-refractivity contribution in [2.45, 2.75) is 0 Å². The highest BCUT2D eigenvalue weighted by molar-refractivity contribution is 7.90. The van der Waals surface area contributed by atoms with Crippen LogP contribution in [-0.2, 0) is 10.2 Å². The van der Waals surface area contributed by atoms with Crippen LogP contribution in [0.4, 0.5) is 5.69 Å². The minimum Gasteiger partial charge on any atom is -0.497 e. The highest BCUT2D eigenvalue weighted by atomic mass is 35.5. The van der Waals surface area contributed by atoms with Crippen molar-refractivity contribution in [2.75, 3.05) is 11.8 Å². The lowest BCUT2D eigenvalue weighted by molar-refractivity contribution is 0.415. The van der Waals surface area contributed by atoms with Crippen molar-refractivity contribution in [2.24, 2.45) is 5.14 Å². The van der Waals surface area contributed by atoms with Crippen LogP contribution < -0.4 is 19.3 Å². The molecule has 0 bridgehead atoms. The first kappa shape index (κ1) is 13.7. The minimum absolute atomic E-state index is 0.147. The lowest BCUT2D eigenvalue weighted by atomic mass is 10.2. The molecular weight excluding hydrogens is 366 g/mol. The Kier molecular flexibility index (Phi) is 3.70. The van der Waals surface area contributed by atoms with Crippen molar-refractivity contribution in [3.8, 4) is 17.2 Å². The van der Waals surface area contributed by atoms with Gasteiger partial charge < -0.3 is 9.47 Å². The third-order valence-corrected chi connectivity index (χ3v) is 4.02. The predicted molar refractivity (Wildman–Crippen MR) is 96.6 cm³/mol. The van der Waals surface area contributed by atoms with Gasteiger partial charge in [-0.1, -0.05) is 11.6 Å². The third kappa shape index (κ3) is 4.11. The number of hydrogen-bond acceptors (Lipinski definition) is 5. The topological polar surface area (TPSA) is 104 Å². The number of aromatic nitrogens is 1. The van der Waals surface area contributed by atoms with Crippen LogP contribution in [0.15, 0.2) is 48.7 Å². The lowest BCUT2D eigenvalue weighted by Gasteiger charge is -2.12. The molecule has 0 radical (unpaired) electrons. The number of nitrogens with one attached hydrogen (secondary N) is 1. The summed E-state index contributed by atoms with van der Waals surface area (Å²) in [5.74, 6) is 0.838. The van der Waals surface area contributed by atoms with Crippen LogP contribution in [0.5, 0.6) is 17.2 Å². The van der Waals surface area contributed by atoms with Crippen LogP contribution in [0.25, 0.3) is 10.9 Å². The van der Waals surface area contributed by atoms with Crippen molar-refractivity contribution >= 4 is 38.4 Å². The van der Waals surface area contributed by atoms with E-state index in [0.717, 1.165) is 0 Å². The second-order valence-electron chi connectivity index (χ2n) is 4.98. The molecular formula is C16H14ClN3O4S. The van der Waals surface area contributed by atoms with Crippen LogP contribution in [0.1, 0.15) is 4.11 Å². The Bertz CT molecular complexity index is 1140. The van der Waals surface area contributed by atoms with Gasteiger partial charge in [0.15, 0.2) is 0 Å². The SMILES string of the molecule is [2H]C([2H])([2H])Oc1ccc2c(Oc3ccc(NS(N)(=O)=O)cc3Cl)ccnc2c1. The van der Waals surface area contributed by atoms with E-state index in [-0.39, 0.29) is 22.2 Å². The fourth-order valence-corrected chi connectivity index (χ4v) is 2.86. The molecule has 0 saturated heterocycles. The predicted octanol–water partition coefficient (Wildman–Crippen LogP) is 3.30. The van der Waals surface area contributed by atoms with Crippen LogP contribution >= 0.6 is 11.6 Å². The summed E-state index contributed by atoms with van der Waals surface area (Å²) < 4.78 is 56.5. The minimum atomic E-state index is -3.92. The zero-order valence-corrected chi connectivity index (χ0v) is 14.1. The van der Waals surface area contributed by atoms with Gasteiger partial charge in [-0.3, -0.25) is 9.71 Å². The summed E-state index contributed by atoms with van der Waals surface area (Å²) >= 11 is 6.16. The van der Waals surface area contributed by atoms with Crippen molar-refractivity contribution in [1.82, 2.24) is 4.98 Å². The molecule has 25 heavy (non-hydrogen) atoms. The van der Waals surface area contributed by atoms with E-state index in [1.807, 2.05) is 0 Å². The Balaban J connectivity index is 1.90. The first-order valence-electron chi connectivity index (χ1n) is 8.36. The lowest BCUT2D eigenvalue weighted by Crippen LogP contribution is -2.21. The Morgan fingerprint density at radius 2 is 2.04 bits per heavy atom. The van der Waals surface area contributed by atoms with Crippen molar-refractivity contribution in [1.29, 1.82) is 0 Å². The molecule has 0 saturated carbocycles. The number of ether oxygens (including phenoxy) is 2. The van der Waals surface area contributed by atoms with E-state index in [2.05, 4.69) is 9.71 Å². The molecule has 2 aromatic carbocycles. The van der Waals surface area contributed by atoms with Crippen LogP contribution in [-0.4, -0.2) is 20.4 Å². The second kappa shape index (κ2) is 6.75. The van der Waals surface area contributed by atoms with E-state index in [0.29, 0.717) is 16.7 Å². The molecule has 3 N–H and O–H groups in total. The van der Waals surface area contributed by atoms with Gasteiger partial charge in [-0.25, -0.2) is 5.14 Å². The Morgan fingerprint density at radius 3 is 2.76 bits per heavy atom. The molecule has 0 unspecified atom stereocenters. The number of hydrogen-bond donors (Lipinski definition) is 2. The van der Waals surface area contributed by atoms with E-state index in [1.165, 1.54) is 36.5 Å². The van der Waals surface area contributed by atoms with Gasteiger partial charge in [-0.15, -0.1) is 0 Å². The molecule has 1 aromatic heterocycles. The monoisotopic (exact) mass is 382 g/mol. The highest BCUT2D eigenvalue weighted by Gasteiger charge is 2.10. The average Bonchev–Trinajstić information content (AvgIpc) is 2.54. The summed E-state index contributed by atoms with van der Waals surface area (Å²) in [4.78, 5) is 4.18. The van der Waals surface area contributed by atoms with Gasteiger partial charge in [0.05, 0.1) is 27.4 Å². The van der Waals surface area contributed by atoms with Gasteiger partial charge in [0, 0.05) is 17.6 Å². The molecule has 130 valence electrons. The van der Waals surface area contributed by atoms with Crippen molar-refractivity contribution in [3.63, 3.8) is 0 Å². The summed E-state index contributed by atoms with van der Waals surface area (Å²) in [6.45, 7) is 0. The molecule has 0 amide bonds. The maximum absolute atomic E-state index is 11.1. The van der Waals surface area contributed by atoms with Gasteiger partial charge in [-0.2, -0.15) is 8.42 Å². The van der Waals surface area contributed by atoms with Gasteiger partial charge >= 0.3 is 0 Å². The Hall–Kier alpha value is -2.55. The smallest absolute Gasteiger partial charge is 0.296 e. The Labute approximate surface area is 153 Å². The summed E-state index contributed by atoms with van der Waals surface area (Å²) in [7, 11) is -6.49. The fourth-order valence-electron chi connectivity index (χ4n) is 2.18. The molecule has 0 aliphatic carbocycles. The number of pyridine rings is 1. The zero-order chi connectivity index (χ0) is 20.5. The molecule has 9 heteroatoms. The third-order valence-electron chi connectivity index (χ3n) is 3.20.